The van der Waals surface area contributed by atoms with Gasteiger partial charge in [0.05, 0.1) is 9.83 Å². The van der Waals surface area contributed by atoms with Crippen LogP contribution in [0.15, 0.2) is 53.4 Å². The molecule has 2 aromatic rings. The van der Waals surface area contributed by atoms with Crippen LogP contribution in [0.4, 0.5) is 20.6 Å². The molecule has 2 N–H and O–H groups in total. The number of imide groups is 1. The molecule has 1 fully saturated rings. The molecular formula is C22H21FN4O5S. The summed E-state index contributed by atoms with van der Waals surface area (Å²) in [7, 11) is 0. The highest BCUT2D eigenvalue weighted by molar-refractivity contribution is 8.18. The maximum Gasteiger partial charge on any atom is 0.293 e. The number of nitrogens with zero attached hydrogens (tertiary/aromatic N) is 2. The van der Waals surface area contributed by atoms with Crippen LogP contribution in [0.2, 0.25) is 0 Å². The summed E-state index contributed by atoms with van der Waals surface area (Å²) in [6, 6.07) is 12.2. The first-order valence-corrected chi connectivity index (χ1v) is 10.9. The van der Waals surface area contributed by atoms with Crippen molar-refractivity contribution >= 4 is 46.3 Å². The molecule has 1 heterocycles. The molecule has 0 aromatic heterocycles. The number of halogens is 1. The van der Waals surface area contributed by atoms with Crippen molar-refractivity contribution in [2.45, 2.75) is 12.8 Å². The molecule has 1 aliphatic heterocycles. The van der Waals surface area contributed by atoms with Gasteiger partial charge in [0.25, 0.3) is 16.8 Å². The molecule has 33 heavy (non-hydrogen) atoms. The first kappa shape index (κ1) is 23.9. The molecule has 2 aromatic carbocycles. The van der Waals surface area contributed by atoms with Gasteiger partial charge in [0.15, 0.2) is 0 Å². The zero-order chi connectivity index (χ0) is 23.8. The van der Waals surface area contributed by atoms with Crippen LogP contribution in [-0.2, 0) is 9.59 Å². The summed E-state index contributed by atoms with van der Waals surface area (Å²) < 4.78 is 13.8. The molecule has 9 nitrogen and oxygen atoms in total. The summed E-state index contributed by atoms with van der Waals surface area (Å²) in [6.45, 7) is 0.448. The number of carbonyl (C=O) groups is 3. The van der Waals surface area contributed by atoms with Gasteiger partial charge in [0.2, 0.25) is 5.91 Å². The number of carbonyl (C=O) groups excluding carboxylic acids is 3. The molecule has 0 atom stereocenters. The number of hydrogen-bond acceptors (Lipinski definition) is 7. The van der Waals surface area contributed by atoms with Gasteiger partial charge in [-0.1, -0.05) is 30.3 Å². The molecule has 3 amide bonds. The molecule has 1 aliphatic rings. The Hall–Kier alpha value is -3.73. The van der Waals surface area contributed by atoms with Gasteiger partial charge in [-0.3, -0.25) is 29.4 Å². The minimum atomic E-state index is -0.531. The van der Waals surface area contributed by atoms with Gasteiger partial charge in [-0.15, -0.1) is 0 Å². The number of thioether (sulfide) groups is 1. The Morgan fingerprint density at radius 3 is 2.61 bits per heavy atom. The van der Waals surface area contributed by atoms with Crippen LogP contribution in [-0.4, -0.2) is 46.5 Å². The molecule has 0 unspecified atom stereocenters. The van der Waals surface area contributed by atoms with E-state index in [1.165, 1.54) is 30.3 Å². The van der Waals surface area contributed by atoms with Crippen molar-refractivity contribution in [2.24, 2.45) is 0 Å². The van der Waals surface area contributed by atoms with E-state index in [1.807, 2.05) is 0 Å². The van der Waals surface area contributed by atoms with E-state index in [0.717, 1.165) is 16.7 Å². The van der Waals surface area contributed by atoms with Crippen LogP contribution in [0.5, 0.6) is 0 Å². The summed E-state index contributed by atoms with van der Waals surface area (Å²) >= 11 is 0.725. The fraction of sp³-hybridized carbons (Fsp3) is 0.227. The third-order valence-electron chi connectivity index (χ3n) is 4.72. The second-order valence-electron chi connectivity index (χ2n) is 7.01. The van der Waals surface area contributed by atoms with E-state index in [9.17, 15) is 28.9 Å². The second-order valence-corrected chi connectivity index (χ2v) is 8.00. The Bertz CT molecular complexity index is 1110. The van der Waals surface area contributed by atoms with Crippen LogP contribution < -0.4 is 10.6 Å². The summed E-state index contributed by atoms with van der Waals surface area (Å²) in [5.74, 6) is -1.29. The van der Waals surface area contributed by atoms with Crippen LogP contribution in [0.25, 0.3) is 6.08 Å². The minimum Gasteiger partial charge on any atom is -0.379 e. The van der Waals surface area contributed by atoms with E-state index >= 15 is 0 Å². The van der Waals surface area contributed by atoms with Crippen molar-refractivity contribution in [3.05, 3.63) is 74.9 Å². The SMILES string of the molecule is O=C(CCCNc1ccccc1[N+](=O)[O-])NCCN1C(=O)S/C(=C\c2ccccc2F)C1=O. The summed E-state index contributed by atoms with van der Waals surface area (Å²) in [5.41, 5.74) is 0.555. The number of nitro benzene ring substituents is 1. The maximum absolute atomic E-state index is 13.8. The van der Waals surface area contributed by atoms with Crippen molar-refractivity contribution in [3.63, 3.8) is 0 Å². The fourth-order valence-electron chi connectivity index (χ4n) is 3.08. The van der Waals surface area contributed by atoms with Gasteiger partial charge < -0.3 is 10.6 Å². The monoisotopic (exact) mass is 472 g/mol. The molecule has 11 heteroatoms. The van der Waals surface area contributed by atoms with Crippen molar-refractivity contribution in [2.75, 3.05) is 25.0 Å². The maximum atomic E-state index is 13.8. The number of para-hydroxylation sites is 2. The lowest BCUT2D eigenvalue weighted by molar-refractivity contribution is -0.384. The topological polar surface area (TPSA) is 122 Å². The van der Waals surface area contributed by atoms with Crippen LogP contribution in [0.3, 0.4) is 0 Å². The average molecular weight is 472 g/mol. The number of hydrogen-bond donors (Lipinski definition) is 2. The highest BCUT2D eigenvalue weighted by atomic mass is 32.2. The number of benzene rings is 2. The molecule has 0 spiro atoms. The Kier molecular flexibility index (Phi) is 8.14. The van der Waals surface area contributed by atoms with Crippen molar-refractivity contribution in [1.29, 1.82) is 0 Å². The average Bonchev–Trinajstić information content (AvgIpc) is 3.05. The molecule has 1 saturated heterocycles. The predicted octanol–water partition coefficient (Wildman–Crippen LogP) is 3.78. The van der Waals surface area contributed by atoms with Crippen molar-refractivity contribution in [3.8, 4) is 0 Å². The molecule has 0 aliphatic carbocycles. The smallest absolute Gasteiger partial charge is 0.293 e. The lowest BCUT2D eigenvalue weighted by Crippen LogP contribution is -2.37. The molecule has 3 rings (SSSR count). The van der Waals surface area contributed by atoms with Gasteiger partial charge in [-0.2, -0.15) is 0 Å². The van der Waals surface area contributed by atoms with Gasteiger partial charge in [0, 0.05) is 37.7 Å². The molecular weight excluding hydrogens is 451 g/mol. The van der Waals surface area contributed by atoms with Gasteiger partial charge >= 0.3 is 0 Å². The lowest BCUT2D eigenvalue weighted by Gasteiger charge is -2.13. The number of nitrogens with one attached hydrogen (secondary N) is 2. The van der Waals surface area contributed by atoms with E-state index in [4.69, 9.17) is 0 Å². The number of amides is 3. The molecule has 0 radical (unpaired) electrons. The van der Waals surface area contributed by atoms with Crippen molar-refractivity contribution in [1.82, 2.24) is 10.2 Å². The van der Waals surface area contributed by atoms with Crippen LogP contribution >= 0.6 is 11.8 Å². The quantitative estimate of drug-likeness (QED) is 0.234. The summed E-state index contributed by atoms with van der Waals surface area (Å²) in [5, 5.41) is 16.1. The fourth-order valence-corrected chi connectivity index (χ4v) is 3.93. The first-order valence-electron chi connectivity index (χ1n) is 10.1. The van der Waals surface area contributed by atoms with Gasteiger partial charge in [-0.25, -0.2) is 4.39 Å². The zero-order valence-corrected chi connectivity index (χ0v) is 18.3. The lowest BCUT2D eigenvalue weighted by atomic mass is 10.2. The van der Waals surface area contributed by atoms with Gasteiger partial charge in [-0.05, 0) is 36.4 Å². The highest BCUT2D eigenvalue weighted by Crippen LogP contribution is 2.32. The van der Waals surface area contributed by atoms with Crippen molar-refractivity contribution < 1.29 is 23.7 Å². The largest absolute Gasteiger partial charge is 0.379 e. The van der Waals surface area contributed by atoms with E-state index in [1.54, 1.807) is 24.3 Å². The Balaban J connectivity index is 1.41. The number of rotatable bonds is 10. The normalized spacial score (nSPS) is 14.6. The Labute approximate surface area is 193 Å². The third-order valence-corrected chi connectivity index (χ3v) is 5.63. The van der Waals surface area contributed by atoms with E-state index in [0.29, 0.717) is 18.7 Å². The highest BCUT2D eigenvalue weighted by Gasteiger charge is 2.34. The van der Waals surface area contributed by atoms with E-state index < -0.39 is 21.9 Å². The Morgan fingerprint density at radius 2 is 1.85 bits per heavy atom. The molecule has 172 valence electrons. The molecule has 0 saturated carbocycles. The number of anilines is 1. The minimum absolute atomic E-state index is 0.000517. The summed E-state index contributed by atoms with van der Waals surface area (Å²) in [6.07, 6.45) is 1.94. The standard InChI is InChI=1S/C22H21FN4O5S/c23-16-7-2-1-6-15(16)14-19-21(29)26(22(30)33-19)13-12-25-20(28)10-5-11-24-17-8-3-4-9-18(17)27(31)32/h1-4,6-9,14,24H,5,10-13H2,(H,25,28)/b19-14-. The first-order chi connectivity index (χ1) is 15.9. The third kappa shape index (κ3) is 6.39. The zero-order valence-electron chi connectivity index (χ0n) is 17.5. The number of nitro groups is 1. The van der Waals surface area contributed by atoms with Gasteiger partial charge in [0.1, 0.15) is 11.5 Å². The van der Waals surface area contributed by atoms with Crippen LogP contribution in [0, 0.1) is 15.9 Å². The second kappa shape index (κ2) is 11.2. The van der Waals surface area contributed by atoms with E-state index in [-0.39, 0.29) is 41.6 Å². The predicted molar refractivity (Wildman–Crippen MR) is 123 cm³/mol. The van der Waals surface area contributed by atoms with Crippen LogP contribution in [0.1, 0.15) is 18.4 Å². The molecule has 0 bridgehead atoms. The summed E-state index contributed by atoms with van der Waals surface area (Å²) in [4.78, 5) is 48.2. The Morgan fingerprint density at radius 1 is 1.12 bits per heavy atom. The van der Waals surface area contributed by atoms with E-state index in [2.05, 4.69) is 10.6 Å².